The largest absolute Gasteiger partial charge is 0.305 e. The van der Waals surface area contributed by atoms with Gasteiger partial charge in [-0.15, -0.1) is 0 Å². The van der Waals surface area contributed by atoms with Crippen molar-refractivity contribution in [2.45, 2.75) is 20.0 Å². The van der Waals surface area contributed by atoms with Crippen LogP contribution < -0.4 is 0 Å². The minimum atomic E-state index is -1.27. The highest BCUT2D eigenvalue weighted by Crippen LogP contribution is 2.26. The lowest BCUT2D eigenvalue weighted by Crippen LogP contribution is -1.97. The van der Waals surface area contributed by atoms with E-state index in [0.29, 0.717) is 0 Å². The van der Waals surface area contributed by atoms with Crippen molar-refractivity contribution in [3.8, 4) is 0 Å². The number of rotatable bonds is 6. The number of allylic oxidation sites excluding steroid dienone is 1. The minimum absolute atomic E-state index is 0.0272. The molecule has 1 radical (unpaired) electrons. The third-order valence-corrected chi connectivity index (χ3v) is 1.83. The molecule has 0 aromatic carbocycles. The van der Waals surface area contributed by atoms with Crippen LogP contribution in [-0.4, -0.2) is 22.0 Å². The molecule has 0 fully saturated rings. The average Bonchev–Trinajstić information content (AvgIpc) is 2.10. The predicted molar refractivity (Wildman–Crippen MR) is 53.4 cm³/mol. The van der Waals surface area contributed by atoms with Crippen molar-refractivity contribution in [3.63, 3.8) is 0 Å². The summed E-state index contributed by atoms with van der Waals surface area (Å²) in [5.41, 5.74) is 0. The van der Waals surface area contributed by atoms with Crippen LogP contribution in [0.5, 0.6) is 0 Å². The Morgan fingerprint density at radius 2 is 2.91 bits per heavy atom. The van der Waals surface area contributed by atoms with Gasteiger partial charge in [0, 0.05) is 11.7 Å². The molecule has 2 atom stereocenters. The van der Waals surface area contributed by atoms with Crippen LogP contribution in [0.4, 0.5) is 0 Å². The van der Waals surface area contributed by atoms with Gasteiger partial charge in [-0.2, -0.15) is 0 Å². The van der Waals surface area contributed by atoms with Crippen LogP contribution in [-0.2, 0) is 8.98 Å². The van der Waals surface area contributed by atoms with Gasteiger partial charge in [-0.1, -0.05) is 13.7 Å². The van der Waals surface area contributed by atoms with E-state index in [1.165, 1.54) is 13.0 Å². The van der Waals surface area contributed by atoms with Crippen LogP contribution in [0.3, 0.4) is 0 Å². The van der Waals surface area contributed by atoms with Crippen molar-refractivity contribution in [2.75, 3.05) is 0 Å². The van der Waals surface area contributed by atoms with Gasteiger partial charge in [-0.3, -0.25) is 4.79 Å². The molecule has 0 aliphatic rings. The van der Waals surface area contributed by atoms with E-state index in [-0.39, 0.29) is 11.9 Å². The van der Waals surface area contributed by atoms with Gasteiger partial charge in [0.2, 0.25) is 0 Å². The summed E-state index contributed by atoms with van der Waals surface area (Å²) in [7, 11) is -0.227. The fourth-order valence-corrected chi connectivity index (χ4v) is 1.20. The molecule has 2 unspecified atom stereocenters. The highest BCUT2D eigenvalue weighted by Gasteiger charge is 1.95. The molecule has 0 N–H and O–H groups in total. The SMILES string of the molecule is [2H]P([B][3H])SOC(C)/C=C/C(C)=O. The zero-order chi connectivity index (χ0) is 10.3. The predicted octanol–water partition coefficient (Wildman–Crippen LogP) is 1.59. The Morgan fingerprint density at radius 3 is 3.45 bits per heavy atom. The second-order valence-corrected chi connectivity index (χ2v) is 3.58. The molecule has 0 heterocycles. The topological polar surface area (TPSA) is 26.3 Å². The highest BCUT2D eigenvalue weighted by molar-refractivity contribution is 8.53. The molecule has 0 rings (SSSR count). The molecule has 0 amide bonds. The third kappa shape index (κ3) is 8.12. The molecule has 0 spiro atoms. The Balaban J connectivity index is 3.62. The molecule has 0 aliphatic carbocycles. The first-order chi connectivity index (χ1) is 6.06. The van der Waals surface area contributed by atoms with Crippen LogP contribution in [0, 0.1) is 0 Å². The van der Waals surface area contributed by atoms with Gasteiger partial charge in [0.1, 0.15) is 7.53 Å². The molecule has 0 saturated heterocycles. The molecule has 0 aromatic heterocycles. The molecular formula is C6H11BO2PS. The quantitative estimate of drug-likeness (QED) is 0.276. The van der Waals surface area contributed by atoms with Gasteiger partial charge < -0.3 is 4.18 Å². The van der Waals surface area contributed by atoms with E-state index in [1.807, 2.05) is 0 Å². The summed E-state index contributed by atoms with van der Waals surface area (Å²) in [6, 6.07) is 0. The normalized spacial score (nSPS) is 18.7. The van der Waals surface area contributed by atoms with Gasteiger partial charge in [-0.05, 0) is 21.3 Å². The lowest BCUT2D eigenvalue weighted by Gasteiger charge is -2.03. The first kappa shape index (κ1) is 7.84. The lowest BCUT2D eigenvalue weighted by atomic mass is 10.3. The van der Waals surface area contributed by atoms with E-state index in [0.717, 1.165) is 19.2 Å². The Morgan fingerprint density at radius 1 is 2.18 bits per heavy atom. The van der Waals surface area contributed by atoms with Crippen molar-refractivity contribution < 1.29 is 8.98 Å². The maximum atomic E-state index is 10.5. The second kappa shape index (κ2) is 6.90. The van der Waals surface area contributed by atoms with Crippen LogP contribution in [0.2, 0.25) is 0 Å². The maximum absolute atomic E-state index is 10.5. The Labute approximate surface area is 76.9 Å². The van der Waals surface area contributed by atoms with Crippen LogP contribution in [0.1, 0.15) is 13.8 Å². The summed E-state index contributed by atoms with van der Waals surface area (Å²) in [5.74, 6) is -0.0272. The summed E-state index contributed by atoms with van der Waals surface area (Å²) < 4.78 is 19.1. The van der Waals surface area contributed by atoms with Crippen LogP contribution >= 0.6 is 19.3 Å². The summed E-state index contributed by atoms with van der Waals surface area (Å²) >= 11 is 0.962. The van der Waals surface area contributed by atoms with Gasteiger partial charge in [0.25, 0.3) is 0 Å². The van der Waals surface area contributed by atoms with Crippen molar-refractivity contribution in [1.82, 2.24) is 0 Å². The first-order valence-electron chi connectivity index (χ1n) is 4.10. The summed E-state index contributed by atoms with van der Waals surface area (Å²) in [5, 5.41) is 0. The van der Waals surface area contributed by atoms with Gasteiger partial charge >= 0.3 is 0 Å². The van der Waals surface area contributed by atoms with Crippen molar-refractivity contribution >= 4 is 32.6 Å². The van der Waals surface area contributed by atoms with E-state index in [2.05, 4.69) is 0 Å². The number of carbonyl (C=O) groups is 1. The lowest BCUT2D eigenvalue weighted by molar-refractivity contribution is -0.112. The van der Waals surface area contributed by atoms with Crippen molar-refractivity contribution in [1.29, 1.82) is 2.61 Å². The zero-order valence-corrected chi connectivity index (χ0v) is 8.19. The number of hydrogen-bond acceptors (Lipinski definition) is 3. The molecule has 5 heteroatoms. The first-order valence-corrected chi connectivity index (χ1v) is 5.39. The molecule has 0 aliphatic heterocycles. The maximum Gasteiger partial charge on any atom is 0.152 e. The smallest absolute Gasteiger partial charge is 0.152 e. The molecule has 61 valence electrons. The Kier molecular flexibility index (Phi) is 4.92. The Hall–Kier alpha value is 0.215. The Bertz CT molecular complexity index is 193. The zero-order valence-electron chi connectivity index (χ0n) is 8.48. The number of ketones is 1. The third-order valence-electron chi connectivity index (χ3n) is 0.840. The fraction of sp³-hybridized carbons (Fsp3) is 0.500. The molecule has 2 nitrogen and oxygen atoms in total. The van der Waals surface area contributed by atoms with E-state index >= 15 is 0 Å². The summed E-state index contributed by atoms with van der Waals surface area (Å²) in [4.78, 5) is 10.5. The summed E-state index contributed by atoms with van der Waals surface area (Å²) in [6.07, 6.45) is 2.86. The van der Waals surface area contributed by atoms with E-state index in [9.17, 15) is 4.79 Å². The second-order valence-electron chi connectivity index (χ2n) is 1.95. The minimum Gasteiger partial charge on any atom is -0.305 e. The fourth-order valence-electron chi connectivity index (χ4n) is 0.396. The van der Waals surface area contributed by atoms with E-state index in [4.69, 9.17) is 6.80 Å². The van der Waals surface area contributed by atoms with Gasteiger partial charge in [0.15, 0.2) is 5.78 Å². The van der Waals surface area contributed by atoms with E-state index in [1.54, 1.807) is 13.0 Å². The highest BCUT2D eigenvalue weighted by atomic mass is 32.7. The van der Waals surface area contributed by atoms with E-state index < -0.39 is 7.61 Å². The number of hydrogen-bond donors (Lipinski definition) is 0. The van der Waals surface area contributed by atoms with Crippen LogP contribution in [0.25, 0.3) is 0 Å². The van der Waals surface area contributed by atoms with Gasteiger partial charge in [-0.25, -0.2) is 0 Å². The van der Waals surface area contributed by atoms with Crippen molar-refractivity contribution in [2.24, 2.45) is 0 Å². The molecule has 0 aromatic rings. The monoisotopic (exact) mass is 192 g/mol. The van der Waals surface area contributed by atoms with Gasteiger partial charge in [0.05, 0.1) is 7.38 Å². The standard InChI is InChI=1S/C6H11BO2PS/c1-5(8)3-4-6(2)9-11-10-7/h3-4,6-7,10H,1-2H3/b4-3+/i7T,10D. The molecular weight excluding hydrogens is 178 g/mol. The number of carbonyl (C=O) groups excluding carboxylic acids is 1. The molecule has 0 saturated carbocycles. The summed E-state index contributed by atoms with van der Waals surface area (Å²) in [6.45, 7) is 3.24. The molecule has 11 heavy (non-hydrogen) atoms. The van der Waals surface area contributed by atoms with Crippen LogP contribution in [0.15, 0.2) is 12.2 Å². The average molecular weight is 192 g/mol. The molecule has 0 bridgehead atoms. The van der Waals surface area contributed by atoms with Crippen molar-refractivity contribution in [3.05, 3.63) is 12.2 Å².